The highest BCUT2D eigenvalue weighted by Crippen LogP contribution is 2.21. The van der Waals surface area contributed by atoms with Gasteiger partial charge in [0.15, 0.2) is 0 Å². The molecule has 13 heteroatoms. The van der Waals surface area contributed by atoms with Crippen molar-refractivity contribution in [2.45, 2.75) is 19.3 Å². The second kappa shape index (κ2) is 12.8. The Balaban J connectivity index is 1.58. The zero-order chi connectivity index (χ0) is 27.1. The van der Waals surface area contributed by atoms with Gasteiger partial charge in [0.2, 0.25) is 17.7 Å². The summed E-state index contributed by atoms with van der Waals surface area (Å²) in [6.45, 7) is 3.39. The second-order valence-corrected chi connectivity index (χ2v) is 9.63. The van der Waals surface area contributed by atoms with Crippen molar-refractivity contribution in [3.05, 3.63) is 0 Å². The van der Waals surface area contributed by atoms with Gasteiger partial charge in [0.25, 0.3) is 0 Å². The molecule has 13 nitrogen and oxygen atoms in total. The first-order chi connectivity index (χ1) is 17.7. The molecule has 3 fully saturated rings. The first-order valence-corrected chi connectivity index (χ1v) is 12.5. The van der Waals surface area contributed by atoms with Crippen LogP contribution in [0.2, 0.25) is 0 Å². The van der Waals surface area contributed by atoms with E-state index in [2.05, 4.69) is 0 Å². The van der Waals surface area contributed by atoms with Crippen LogP contribution >= 0.6 is 0 Å². The van der Waals surface area contributed by atoms with Crippen molar-refractivity contribution in [1.29, 1.82) is 0 Å². The second-order valence-electron chi connectivity index (χ2n) is 9.63. The minimum absolute atomic E-state index is 0.112. The molecule has 0 spiro atoms. The molecule has 0 aromatic rings. The monoisotopic (exact) mass is 524 g/mol. The largest absolute Gasteiger partial charge is 0.469 e. The van der Waals surface area contributed by atoms with E-state index in [-0.39, 0.29) is 56.6 Å². The van der Waals surface area contributed by atoms with E-state index >= 15 is 0 Å². The van der Waals surface area contributed by atoms with Crippen LogP contribution in [0.15, 0.2) is 0 Å². The van der Waals surface area contributed by atoms with Crippen molar-refractivity contribution in [2.75, 3.05) is 80.2 Å². The van der Waals surface area contributed by atoms with Crippen LogP contribution in [0.1, 0.15) is 19.3 Å². The van der Waals surface area contributed by atoms with E-state index in [1.165, 1.54) is 21.3 Å². The van der Waals surface area contributed by atoms with Crippen LogP contribution in [0.4, 0.5) is 0 Å². The number of ether oxygens (including phenoxy) is 3. The number of rotatable bonds is 12. The Morgan fingerprint density at radius 3 is 1.14 bits per heavy atom. The molecule has 3 unspecified atom stereocenters. The van der Waals surface area contributed by atoms with Gasteiger partial charge < -0.3 is 28.9 Å². The minimum Gasteiger partial charge on any atom is -0.469 e. The van der Waals surface area contributed by atoms with Crippen LogP contribution in [0.25, 0.3) is 0 Å². The van der Waals surface area contributed by atoms with Crippen molar-refractivity contribution >= 4 is 35.6 Å². The zero-order valence-corrected chi connectivity index (χ0v) is 21.7. The number of amides is 3. The average molecular weight is 525 g/mol. The Bertz CT molecular complexity index is 797. The fraction of sp³-hybridized carbons (Fsp3) is 0.750. The molecule has 0 N–H and O–H groups in total. The summed E-state index contributed by atoms with van der Waals surface area (Å²) in [6.07, 6.45) is 0.337. The molecule has 0 radical (unpaired) electrons. The molecule has 3 aliphatic heterocycles. The van der Waals surface area contributed by atoms with Gasteiger partial charge in [-0.05, 0) is 0 Å². The lowest BCUT2D eigenvalue weighted by molar-refractivity contribution is -0.145. The van der Waals surface area contributed by atoms with Gasteiger partial charge in [-0.25, -0.2) is 0 Å². The van der Waals surface area contributed by atoms with E-state index in [0.29, 0.717) is 39.3 Å². The van der Waals surface area contributed by atoms with Crippen molar-refractivity contribution in [2.24, 2.45) is 17.8 Å². The summed E-state index contributed by atoms with van der Waals surface area (Å²) < 4.78 is 14.3. The Morgan fingerprint density at radius 2 is 0.892 bits per heavy atom. The standard InChI is InChI=1S/C24H36N4O9/c1-35-22(32)16-10-19(29)26(13-16)7-4-25(5-8-27-14-17(11-20(27)30)23(33)36-2)6-9-28-15-18(12-21(28)31)24(34)37-3/h16-18H,4-15H2,1-3H3. The molecule has 0 bridgehead atoms. The highest BCUT2D eigenvalue weighted by atomic mass is 16.5. The minimum atomic E-state index is -0.485. The Kier molecular flexibility index (Phi) is 9.84. The van der Waals surface area contributed by atoms with Gasteiger partial charge in [0.1, 0.15) is 0 Å². The summed E-state index contributed by atoms with van der Waals surface area (Å²) in [5.41, 5.74) is 0. The summed E-state index contributed by atoms with van der Waals surface area (Å²) in [5, 5.41) is 0. The van der Waals surface area contributed by atoms with Crippen molar-refractivity contribution in [3.8, 4) is 0 Å². The fourth-order valence-electron chi connectivity index (χ4n) is 5.06. The van der Waals surface area contributed by atoms with Gasteiger partial charge >= 0.3 is 17.9 Å². The highest BCUT2D eigenvalue weighted by Gasteiger charge is 2.37. The molecule has 0 aliphatic carbocycles. The van der Waals surface area contributed by atoms with Gasteiger partial charge in [0, 0.05) is 78.2 Å². The quantitative estimate of drug-likeness (QED) is 0.215. The lowest BCUT2D eigenvalue weighted by Gasteiger charge is -2.29. The average Bonchev–Trinajstić information content (AvgIpc) is 3.58. The van der Waals surface area contributed by atoms with Crippen LogP contribution in [0, 0.1) is 17.8 Å². The number of nitrogens with zero attached hydrogens (tertiary/aromatic N) is 4. The summed E-state index contributed by atoms with van der Waals surface area (Å²) in [7, 11) is 3.89. The smallest absolute Gasteiger partial charge is 0.310 e. The van der Waals surface area contributed by atoms with Crippen LogP contribution < -0.4 is 0 Å². The Hall–Kier alpha value is -3.22. The SMILES string of the molecule is COC(=O)C1CC(=O)N(CCN(CCN2CC(C(=O)OC)CC2=O)CCN2CC(C(=O)OC)CC2=O)C1. The summed E-state index contributed by atoms with van der Waals surface area (Å²) in [5.74, 6) is -3.05. The summed E-state index contributed by atoms with van der Waals surface area (Å²) in [6, 6.07) is 0. The maximum Gasteiger partial charge on any atom is 0.310 e. The number of methoxy groups -OCH3 is 3. The molecule has 37 heavy (non-hydrogen) atoms. The number of esters is 3. The van der Waals surface area contributed by atoms with E-state index in [1.54, 1.807) is 14.7 Å². The molecule has 0 aromatic heterocycles. The molecule has 3 atom stereocenters. The summed E-state index contributed by atoms with van der Waals surface area (Å²) >= 11 is 0. The maximum atomic E-state index is 12.4. The van der Waals surface area contributed by atoms with Crippen molar-refractivity contribution in [3.63, 3.8) is 0 Å². The molecular formula is C24H36N4O9. The van der Waals surface area contributed by atoms with Gasteiger partial charge in [-0.1, -0.05) is 0 Å². The van der Waals surface area contributed by atoms with E-state index in [1.807, 2.05) is 4.90 Å². The lowest BCUT2D eigenvalue weighted by Crippen LogP contribution is -2.44. The molecule has 0 aromatic carbocycles. The maximum absolute atomic E-state index is 12.4. The predicted molar refractivity (Wildman–Crippen MR) is 127 cm³/mol. The van der Waals surface area contributed by atoms with Gasteiger partial charge in [-0.15, -0.1) is 0 Å². The fourth-order valence-corrected chi connectivity index (χ4v) is 5.06. The third-order valence-electron chi connectivity index (χ3n) is 7.31. The zero-order valence-electron chi connectivity index (χ0n) is 21.7. The molecule has 206 valence electrons. The van der Waals surface area contributed by atoms with Crippen molar-refractivity contribution < 1.29 is 43.0 Å². The van der Waals surface area contributed by atoms with Crippen LogP contribution in [0.3, 0.4) is 0 Å². The topological polar surface area (TPSA) is 143 Å². The van der Waals surface area contributed by atoms with Crippen molar-refractivity contribution in [1.82, 2.24) is 19.6 Å². The highest BCUT2D eigenvalue weighted by molar-refractivity contribution is 5.88. The third-order valence-corrected chi connectivity index (χ3v) is 7.31. The van der Waals surface area contributed by atoms with E-state index < -0.39 is 35.7 Å². The number of likely N-dealkylation sites (tertiary alicyclic amines) is 3. The lowest BCUT2D eigenvalue weighted by atomic mass is 10.1. The first-order valence-electron chi connectivity index (χ1n) is 12.5. The normalized spacial score (nSPS) is 23.8. The van der Waals surface area contributed by atoms with Gasteiger partial charge in [-0.2, -0.15) is 0 Å². The Labute approximate surface area is 215 Å². The number of carbonyl (C=O) groups excluding carboxylic acids is 6. The molecule has 0 saturated carbocycles. The number of hydrogen-bond acceptors (Lipinski definition) is 10. The molecule has 3 amide bonds. The van der Waals surface area contributed by atoms with E-state index in [0.717, 1.165) is 0 Å². The Morgan fingerprint density at radius 1 is 0.622 bits per heavy atom. The number of hydrogen-bond donors (Lipinski definition) is 0. The van der Waals surface area contributed by atoms with Gasteiger partial charge in [0.05, 0.1) is 39.1 Å². The van der Waals surface area contributed by atoms with Crippen LogP contribution in [-0.2, 0) is 43.0 Å². The van der Waals surface area contributed by atoms with Crippen LogP contribution in [0.5, 0.6) is 0 Å². The van der Waals surface area contributed by atoms with E-state index in [4.69, 9.17) is 14.2 Å². The molecule has 3 heterocycles. The van der Waals surface area contributed by atoms with Crippen LogP contribution in [-0.4, -0.2) is 135 Å². The predicted octanol–water partition coefficient (Wildman–Crippen LogP) is -1.65. The molecular weight excluding hydrogens is 488 g/mol. The number of carbonyl (C=O) groups is 6. The molecule has 3 aliphatic rings. The third kappa shape index (κ3) is 7.18. The summed E-state index contributed by atoms with van der Waals surface area (Å²) in [4.78, 5) is 79.6. The molecule has 3 rings (SSSR count). The van der Waals surface area contributed by atoms with Gasteiger partial charge in [-0.3, -0.25) is 33.7 Å². The van der Waals surface area contributed by atoms with E-state index in [9.17, 15) is 28.8 Å². The first kappa shape index (κ1) is 28.4. The molecule has 3 saturated heterocycles.